The molecule has 2 heterocycles. The minimum Gasteiger partial charge on any atom is -0.465 e. The lowest BCUT2D eigenvalue weighted by atomic mass is 10.1. The topological polar surface area (TPSA) is 65.2 Å². The fraction of sp³-hybridized carbons (Fsp3) is 0.417. The summed E-state index contributed by atoms with van der Waals surface area (Å²) in [6.45, 7) is 3.99. The molecule has 0 saturated heterocycles. The van der Waals surface area contributed by atoms with Gasteiger partial charge in [0.25, 0.3) is 0 Å². The van der Waals surface area contributed by atoms with Crippen molar-refractivity contribution >= 4 is 33.2 Å². The third-order valence-electron chi connectivity index (χ3n) is 2.51. The van der Waals surface area contributed by atoms with Gasteiger partial charge in [0, 0.05) is 0 Å². The van der Waals surface area contributed by atoms with Crippen LogP contribution in [0, 0.1) is 0 Å². The largest absolute Gasteiger partial charge is 0.465 e. The molecule has 19 heavy (non-hydrogen) atoms. The maximum atomic E-state index is 11.8. The quantitative estimate of drug-likeness (QED) is 0.775. The average Bonchev–Trinajstić information content (AvgIpc) is 2.99. The summed E-state index contributed by atoms with van der Waals surface area (Å²) in [7, 11) is 0. The Labute approximate surface area is 123 Å². The Balaban J connectivity index is 2.22. The Morgan fingerprint density at radius 3 is 2.89 bits per heavy atom. The van der Waals surface area contributed by atoms with Gasteiger partial charge in [0.1, 0.15) is 5.92 Å². The maximum absolute atomic E-state index is 11.8. The van der Waals surface area contributed by atoms with E-state index >= 15 is 0 Å². The fourth-order valence-electron chi connectivity index (χ4n) is 1.60. The molecule has 0 bridgehead atoms. The molecule has 7 heteroatoms. The number of nitrogens with zero attached hydrogens (tertiary/aromatic N) is 2. The first-order valence-corrected chi connectivity index (χ1v) is 7.52. The zero-order chi connectivity index (χ0) is 13.8. The monoisotopic (exact) mass is 344 g/mol. The lowest BCUT2D eigenvalue weighted by molar-refractivity contribution is -0.145. The van der Waals surface area contributed by atoms with E-state index < -0.39 is 5.92 Å². The van der Waals surface area contributed by atoms with Crippen LogP contribution in [0.2, 0.25) is 0 Å². The van der Waals surface area contributed by atoms with Gasteiger partial charge in [-0.15, -0.1) is 11.3 Å². The van der Waals surface area contributed by atoms with Crippen LogP contribution in [0.3, 0.4) is 0 Å². The van der Waals surface area contributed by atoms with Gasteiger partial charge in [-0.05, 0) is 41.4 Å². The number of hydrogen-bond donors (Lipinski definition) is 0. The molecule has 0 N–H and O–H groups in total. The summed E-state index contributed by atoms with van der Waals surface area (Å²) in [6, 6.07) is 3.81. The number of esters is 1. The second kappa shape index (κ2) is 6.29. The highest BCUT2D eigenvalue weighted by molar-refractivity contribution is 9.11. The van der Waals surface area contributed by atoms with E-state index in [2.05, 4.69) is 26.1 Å². The zero-order valence-corrected chi connectivity index (χ0v) is 13.0. The number of rotatable bonds is 5. The van der Waals surface area contributed by atoms with Crippen molar-refractivity contribution in [3.8, 4) is 10.7 Å². The molecule has 0 spiro atoms. The predicted molar refractivity (Wildman–Crippen MR) is 75.0 cm³/mol. The average molecular weight is 345 g/mol. The summed E-state index contributed by atoms with van der Waals surface area (Å²) in [5.41, 5.74) is 0. The van der Waals surface area contributed by atoms with Crippen molar-refractivity contribution in [1.82, 2.24) is 10.1 Å². The molecule has 0 radical (unpaired) electrons. The summed E-state index contributed by atoms with van der Waals surface area (Å²) < 4.78 is 11.2. The highest BCUT2D eigenvalue weighted by Crippen LogP contribution is 2.30. The Morgan fingerprint density at radius 2 is 2.32 bits per heavy atom. The molecule has 1 unspecified atom stereocenters. The number of ether oxygens (including phenoxy) is 1. The van der Waals surface area contributed by atoms with Gasteiger partial charge >= 0.3 is 5.97 Å². The molecule has 102 valence electrons. The molecule has 0 fully saturated rings. The standard InChI is InChI=1S/C12H13BrN2O3S/c1-3-7(12(16)17-4-2)11-14-10(15-18-11)8-5-6-9(13)19-8/h5-7H,3-4H2,1-2H3. The first-order valence-electron chi connectivity index (χ1n) is 5.91. The van der Waals surface area contributed by atoms with Crippen LogP contribution < -0.4 is 0 Å². The van der Waals surface area contributed by atoms with E-state index in [0.717, 1.165) is 8.66 Å². The van der Waals surface area contributed by atoms with Gasteiger partial charge in [-0.25, -0.2) is 0 Å². The summed E-state index contributed by atoms with van der Waals surface area (Å²) in [5, 5.41) is 3.91. The molecule has 2 aromatic heterocycles. The lowest BCUT2D eigenvalue weighted by Crippen LogP contribution is -2.15. The molecular formula is C12H13BrN2O3S. The first-order chi connectivity index (χ1) is 9.15. The molecule has 5 nitrogen and oxygen atoms in total. The molecule has 0 saturated carbocycles. The van der Waals surface area contributed by atoms with Crippen molar-refractivity contribution in [3.05, 3.63) is 21.8 Å². The Morgan fingerprint density at radius 1 is 1.53 bits per heavy atom. The summed E-state index contributed by atoms with van der Waals surface area (Å²) >= 11 is 4.89. The van der Waals surface area contributed by atoms with Gasteiger partial charge in [0.2, 0.25) is 11.7 Å². The van der Waals surface area contributed by atoms with Crippen molar-refractivity contribution < 1.29 is 14.1 Å². The Kier molecular flexibility index (Phi) is 4.71. The highest BCUT2D eigenvalue weighted by atomic mass is 79.9. The van der Waals surface area contributed by atoms with Crippen LogP contribution in [0.25, 0.3) is 10.7 Å². The zero-order valence-electron chi connectivity index (χ0n) is 10.6. The number of hydrogen-bond acceptors (Lipinski definition) is 6. The van der Waals surface area contributed by atoms with E-state index in [1.807, 2.05) is 19.1 Å². The van der Waals surface area contributed by atoms with Crippen LogP contribution in [0.5, 0.6) is 0 Å². The van der Waals surface area contributed by atoms with Crippen molar-refractivity contribution in [3.63, 3.8) is 0 Å². The molecule has 0 aliphatic rings. The van der Waals surface area contributed by atoms with Crippen LogP contribution in [-0.2, 0) is 9.53 Å². The summed E-state index contributed by atoms with van der Waals surface area (Å²) in [6.07, 6.45) is 0.564. The molecule has 2 rings (SSSR count). The number of thiophene rings is 1. The van der Waals surface area contributed by atoms with E-state index in [9.17, 15) is 4.79 Å². The van der Waals surface area contributed by atoms with Crippen LogP contribution in [0.4, 0.5) is 0 Å². The predicted octanol–water partition coefficient (Wildman–Crippen LogP) is 3.62. The third kappa shape index (κ3) is 3.22. The SMILES string of the molecule is CCOC(=O)C(CC)c1nc(-c2ccc(Br)s2)no1. The minimum atomic E-state index is -0.496. The fourth-order valence-corrected chi connectivity index (χ4v) is 2.91. The summed E-state index contributed by atoms with van der Waals surface area (Å²) in [4.78, 5) is 16.9. The third-order valence-corrected chi connectivity index (χ3v) is 4.13. The van der Waals surface area contributed by atoms with Gasteiger partial charge in [0.05, 0.1) is 15.3 Å². The molecule has 2 aromatic rings. The molecule has 0 amide bonds. The van der Waals surface area contributed by atoms with Crippen molar-refractivity contribution in [2.24, 2.45) is 0 Å². The van der Waals surface area contributed by atoms with Gasteiger partial charge < -0.3 is 9.26 Å². The highest BCUT2D eigenvalue weighted by Gasteiger charge is 2.26. The van der Waals surface area contributed by atoms with Crippen LogP contribution in [0.15, 0.2) is 20.4 Å². The second-order valence-electron chi connectivity index (χ2n) is 3.77. The minimum absolute atomic E-state index is 0.306. The Bertz CT molecular complexity index is 567. The maximum Gasteiger partial charge on any atom is 0.318 e. The Hall–Kier alpha value is -1.21. The van der Waals surface area contributed by atoms with Gasteiger partial charge in [-0.1, -0.05) is 12.1 Å². The van der Waals surface area contributed by atoms with Gasteiger partial charge in [-0.2, -0.15) is 4.98 Å². The van der Waals surface area contributed by atoms with E-state index in [4.69, 9.17) is 9.26 Å². The molecule has 0 aliphatic carbocycles. The van der Waals surface area contributed by atoms with Crippen LogP contribution in [0.1, 0.15) is 32.1 Å². The van der Waals surface area contributed by atoms with Gasteiger partial charge in [0.15, 0.2) is 0 Å². The number of halogens is 1. The van der Waals surface area contributed by atoms with E-state index in [1.165, 1.54) is 11.3 Å². The number of aromatic nitrogens is 2. The first kappa shape index (κ1) is 14.2. The van der Waals surface area contributed by atoms with Crippen molar-refractivity contribution in [1.29, 1.82) is 0 Å². The lowest BCUT2D eigenvalue weighted by Gasteiger charge is -2.08. The van der Waals surface area contributed by atoms with Gasteiger partial charge in [-0.3, -0.25) is 4.79 Å². The number of carbonyl (C=O) groups excluding carboxylic acids is 1. The molecule has 0 aliphatic heterocycles. The number of carbonyl (C=O) groups is 1. The molecule has 0 aromatic carbocycles. The van der Waals surface area contributed by atoms with E-state index in [1.54, 1.807) is 6.92 Å². The van der Waals surface area contributed by atoms with Crippen LogP contribution in [-0.4, -0.2) is 22.7 Å². The molecule has 1 atom stereocenters. The molecular weight excluding hydrogens is 332 g/mol. The van der Waals surface area contributed by atoms with Crippen molar-refractivity contribution in [2.75, 3.05) is 6.61 Å². The van der Waals surface area contributed by atoms with E-state index in [-0.39, 0.29) is 5.97 Å². The van der Waals surface area contributed by atoms with Crippen LogP contribution >= 0.6 is 27.3 Å². The van der Waals surface area contributed by atoms with Crippen molar-refractivity contribution in [2.45, 2.75) is 26.2 Å². The summed E-state index contributed by atoms with van der Waals surface area (Å²) in [5.74, 6) is -0.0221. The smallest absolute Gasteiger partial charge is 0.318 e. The van der Waals surface area contributed by atoms with E-state index in [0.29, 0.717) is 24.7 Å². The normalized spacial score (nSPS) is 12.4. The second-order valence-corrected chi connectivity index (χ2v) is 6.24.